The summed E-state index contributed by atoms with van der Waals surface area (Å²) in [4.78, 5) is 2.14. The smallest absolute Gasteiger partial charge is 0.210 e. The second-order valence-corrected chi connectivity index (χ2v) is 5.19. The summed E-state index contributed by atoms with van der Waals surface area (Å²) in [7, 11) is -3.31. The maximum absolute atomic E-state index is 10.7. The minimum Gasteiger partial charge on any atom is -0.314 e. The third-order valence-corrected chi connectivity index (χ3v) is 3.05. The van der Waals surface area contributed by atoms with Gasteiger partial charge in [-0.2, -0.15) is 0 Å². The van der Waals surface area contributed by atoms with Crippen molar-refractivity contribution in [3.05, 3.63) is 0 Å². The van der Waals surface area contributed by atoms with Gasteiger partial charge in [-0.3, -0.25) is 4.90 Å². The zero-order chi connectivity index (χ0) is 9.90. The van der Waals surface area contributed by atoms with Crippen molar-refractivity contribution in [1.29, 1.82) is 0 Å². The number of hydrogen-bond donors (Lipinski definition) is 2. The van der Waals surface area contributed by atoms with Crippen molar-refractivity contribution >= 4 is 10.0 Å². The van der Waals surface area contributed by atoms with Crippen LogP contribution in [0.25, 0.3) is 0 Å². The molecule has 0 saturated carbocycles. The molecule has 13 heavy (non-hydrogen) atoms. The van der Waals surface area contributed by atoms with Gasteiger partial charge in [0.1, 0.15) is 0 Å². The maximum Gasteiger partial charge on any atom is 0.210 e. The molecule has 1 fully saturated rings. The first-order chi connectivity index (χ1) is 5.99. The predicted molar refractivity (Wildman–Crippen MR) is 51.9 cm³/mol. The summed E-state index contributed by atoms with van der Waals surface area (Å²) in [5.74, 6) is 0.0529. The molecule has 5 nitrogen and oxygen atoms in total. The van der Waals surface area contributed by atoms with Gasteiger partial charge in [-0.25, -0.2) is 13.6 Å². The van der Waals surface area contributed by atoms with E-state index in [4.69, 9.17) is 5.14 Å². The van der Waals surface area contributed by atoms with Crippen LogP contribution in [0.15, 0.2) is 0 Å². The standard InChI is InChI=1S/C7H17N3O2S/c1-7-6-9-2-3-10(7)4-5-13(8,11)12/h7,9H,2-6H2,1H3,(H2,8,11,12)/t7-/m1/s1. The summed E-state index contributed by atoms with van der Waals surface area (Å²) in [6.45, 7) is 5.37. The Balaban J connectivity index is 2.35. The van der Waals surface area contributed by atoms with Gasteiger partial charge in [0.2, 0.25) is 10.0 Å². The van der Waals surface area contributed by atoms with Crippen LogP contribution in [-0.4, -0.2) is 51.3 Å². The molecule has 0 amide bonds. The van der Waals surface area contributed by atoms with Gasteiger partial charge in [0.05, 0.1) is 5.75 Å². The summed E-state index contributed by atoms with van der Waals surface area (Å²) in [5, 5.41) is 8.17. The molecule has 0 aliphatic carbocycles. The molecule has 1 rings (SSSR count). The highest BCUT2D eigenvalue weighted by molar-refractivity contribution is 7.89. The Bertz CT molecular complexity index is 252. The van der Waals surface area contributed by atoms with Crippen molar-refractivity contribution in [1.82, 2.24) is 10.2 Å². The number of nitrogens with one attached hydrogen (secondary N) is 1. The van der Waals surface area contributed by atoms with Gasteiger partial charge in [0.15, 0.2) is 0 Å². The lowest BCUT2D eigenvalue weighted by molar-refractivity contribution is 0.184. The van der Waals surface area contributed by atoms with Crippen LogP contribution in [0.3, 0.4) is 0 Å². The van der Waals surface area contributed by atoms with Crippen LogP contribution in [0.2, 0.25) is 0 Å². The van der Waals surface area contributed by atoms with Crippen LogP contribution in [0, 0.1) is 0 Å². The Kier molecular flexibility index (Phi) is 3.66. The van der Waals surface area contributed by atoms with E-state index < -0.39 is 10.0 Å². The molecule has 0 bridgehead atoms. The summed E-state index contributed by atoms with van der Waals surface area (Å²) in [5.41, 5.74) is 0. The highest BCUT2D eigenvalue weighted by atomic mass is 32.2. The first-order valence-corrected chi connectivity index (χ1v) is 6.16. The lowest BCUT2D eigenvalue weighted by atomic mass is 10.2. The third-order valence-electron chi connectivity index (χ3n) is 2.30. The largest absolute Gasteiger partial charge is 0.314 e. The van der Waals surface area contributed by atoms with Gasteiger partial charge in [0, 0.05) is 32.2 Å². The number of sulfonamides is 1. The summed E-state index contributed by atoms with van der Waals surface area (Å²) in [6.07, 6.45) is 0. The number of hydrogen-bond acceptors (Lipinski definition) is 4. The van der Waals surface area contributed by atoms with Crippen LogP contribution < -0.4 is 10.5 Å². The van der Waals surface area contributed by atoms with E-state index in [2.05, 4.69) is 17.1 Å². The van der Waals surface area contributed by atoms with Crippen molar-refractivity contribution in [2.75, 3.05) is 31.9 Å². The van der Waals surface area contributed by atoms with E-state index in [0.717, 1.165) is 19.6 Å². The SMILES string of the molecule is C[C@@H]1CNCCN1CCS(N)(=O)=O. The molecular weight excluding hydrogens is 190 g/mol. The monoisotopic (exact) mass is 207 g/mol. The third kappa shape index (κ3) is 4.04. The molecule has 0 aromatic rings. The number of nitrogens with zero attached hydrogens (tertiary/aromatic N) is 1. The highest BCUT2D eigenvalue weighted by Crippen LogP contribution is 2.01. The van der Waals surface area contributed by atoms with Crippen molar-refractivity contribution in [3.8, 4) is 0 Å². The number of rotatable bonds is 3. The van der Waals surface area contributed by atoms with Gasteiger partial charge >= 0.3 is 0 Å². The van der Waals surface area contributed by atoms with E-state index in [1.165, 1.54) is 0 Å². The number of piperazine rings is 1. The van der Waals surface area contributed by atoms with Crippen molar-refractivity contribution in [3.63, 3.8) is 0 Å². The van der Waals surface area contributed by atoms with Crippen LogP contribution in [0.5, 0.6) is 0 Å². The van der Waals surface area contributed by atoms with E-state index in [0.29, 0.717) is 12.6 Å². The Labute approximate surface area is 79.3 Å². The van der Waals surface area contributed by atoms with Crippen molar-refractivity contribution in [2.45, 2.75) is 13.0 Å². The topological polar surface area (TPSA) is 75.4 Å². The zero-order valence-electron chi connectivity index (χ0n) is 7.86. The fourth-order valence-corrected chi connectivity index (χ4v) is 1.95. The summed E-state index contributed by atoms with van der Waals surface area (Å²) in [6, 6.07) is 0.399. The minimum atomic E-state index is -3.31. The van der Waals surface area contributed by atoms with E-state index >= 15 is 0 Å². The van der Waals surface area contributed by atoms with E-state index in [9.17, 15) is 8.42 Å². The minimum absolute atomic E-state index is 0.0529. The van der Waals surface area contributed by atoms with Gasteiger partial charge in [-0.1, -0.05) is 0 Å². The quantitative estimate of drug-likeness (QED) is 0.595. The normalized spacial score (nSPS) is 26.2. The Morgan fingerprint density at radius 1 is 1.62 bits per heavy atom. The van der Waals surface area contributed by atoms with Gasteiger partial charge in [-0.05, 0) is 6.92 Å². The Morgan fingerprint density at radius 2 is 2.31 bits per heavy atom. The molecule has 0 radical (unpaired) electrons. The zero-order valence-corrected chi connectivity index (χ0v) is 8.68. The Hall–Kier alpha value is -0.170. The lowest BCUT2D eigenvalue weighted by Gasteiger charge is -2.33. The molecular formula is C7H17N3O2S. The van der Waals surface area contributed by atoms with Crippen LogP contribution in [0.4, 0.5) is 0 Å². The maximum atomic E-state index is 10.7. The molecule has 0 aromatic carbocycles. The molecule has 0 aromatic heterocycles. The molecule has 78 valence electrons. The molecule has 1 atom stereocenters. The molecule has 0 spiro atoms. The first kappa shape index (κ1) is 10.9. The fraction of sp³-hybridized carbons (Fsp3) is 1.00. The van der Waals surface area contributed by atoms with E-state index in [-0.39, 0.29) is 5.75 Å². The predicted octanol–water partition coefficient (Wildman–Crippen LogP) is -1.43. The Morgan fingerprint density at radius 3 is 2.85 bits per heavy atom. The molecule has 1 aliphatic rings. The molecule has 1 aliphatic heterocycles. The second kappa shape index (κ2) is 4.36. The van der Waals surface area contributed by atoms with Crippen molar-refractivity contribution in [2.24, 2.45) is 5.14 Å². The lowest BCUT2D eigenvalue weighted by Crippen LogP contribution is -2.51. The summed E-state index contributed by atoms with van der Waals surface area (Å²) >= 11 is 0. The van der Waals surface area contributed by atoms with Crippen LogP contribution in [0.1, 0.15) is 6.92 Å². The number of primary sulfonamides is 1. The molecule has 6 heteroatoms. The molecule has 0 unspecified atom stereocenters. The summed E-state index contributed by atoms with van der Waals surface area (Å²) < 4.78 is 21.4. The average molecular weight is 207 g/mol. The second-order valence-electron chi connectivity index (χ2n) is 3.46. The van der Waals surface area contributed by atoms with Crippen molar-refractivity contribution < 1.29 is 8.42 Å². The van der Waals surface area contributed by atoms with Crippen LogP contribution in [-0.2, 0) is 10.0 Å². The molecule has 1 heterocycles. The van der Waals surface area contributed by atoms with E-state index in [1.54, 1.807) is 0 Å². The number of nitrogens with two attached hydrogens (primary N) is 1. The average Bonchev–Trinajstić information content (AvgIpc) is 2.01. The first-order valence-electron chi connectivity index (χ1n) is 4.44. The highest BCUT2D eigenvalue weighted by Gasteiger charge is 2.18. The van der Waals surface area contributed by atoms with Crippen LogP contribution >= 0.6 is 0 Å². The molecule has 1 saturated heterocycles. The van der Waals surface area contributed by atoms with Gasteiger partial charge in [0.25, 0.3) is 0 Å². The molecule has 3 N–H and O–H groups in total. The fourth-order valence-electron chi connectivity index (χ4n) is 1.46. The van der Waals surface area contributed by atoms with Gasteiger partial charge < -0.3 is 5.32 Å². The van der Waals surface area contributed by atoms with Gasteiger partial charge in [-0.15, -0.1) is 0 Å². The van der Waals surface area contributed by atoms with E-state index in [1.807, 2.05) is 0 Å².